The second-order valence-corrected chi connectivity index (χ2v) is 5.08. The maximum atomic E-state index is 12.2. The highest BCUT2D eigenvalue weighted by atomic mass is 16.5. The molecule has 0 unspecified atom stereocenters. The molecular weight excluding hydrogens is 246 g/mol. The van der Waals surface area contributed by atoms with Gasteiger partial charge in [0.15, 0.2) is 5.84 Å². The van der Waals surface area contributed by atoms with Crippen LogP contribution in [0.4, 0.5) is 0 Å². The van der Waals surface area contributed by atoms with Crippen LogP contribution >= 0.6 is 0 Å². The van der Waals surface area contributed by atoms with E-state index in [-0.39, 0.29) is 11.7 Å². The Labute approximate surface area is 114 Å². The first-order valence-corrected chi connectivity index (χ1v) is 6.92. The zero-order valence-electron chi connectivity index (χ0n) is 11.7. The first-order chi connectivity index (χ1) is 9.17. The number of nitrogens with zero attached hydrogens (tertiary/aromatic N) is 1. The molecule has 4 N–H and O–H groups in total. The number of methoxy groups -OCH3 is 1. The number of carbonyl (C=O) groups is 1. The lowest BCUT2D eigenvalue weighted by atomic mass is 9.84. The van der Waals surface area contributed by atoms with Crippen LogP contribution in [0.25, 0.3) is 0 Å². The van der Waals surface area contributed by atoms with Crippen molar-refractivity contribution in [3.63, 3.8) is 0 Å². The van der Waals surface area contributed by atoms with Crippen LogP contribution in [0.3, 0.4) is 0 Å². The first kappa shape index (κ1) is 15.8. The maximum Gasteiger partial charge on any atom is 0.233 e. The standard InChI is InChI=1S/C13H25N3O3/c1-19-10-6-2-5-9-15-12(17)13(11(14)16-18)7-3-4-8-13/h18H,2-10H2,1H3,(H2,14,16)(H,15,17). The Hall–Kier alpha value is -1.30. The normalized spacial score (nSPS) is 18.5. The Bertz CT molecular complexity index is 312. The van der Waals surface area contributed by atoms with Crippen molar-refractivity contribution in [2.24, 2.45) is 16.3 Å². The number of nitrogens with two attached hydrogens (primary N) is 1. The number of unbranched alkanes of at least 4 members (excludes halogenated alkanes) is 2. The van der Waals surface area contributed by atoms with E-state index in [0.29, 0.717) is 19.4 Å². The molecule has 0 saturated heterocycles. The highest BCUT2D eigenvalue weighted by Crippen LogP contribution is 2.38. The van der Waals surface area contributed by atoms with Crippen LogP contribution in [-0.2, 0) is 9.53 Å². The molecular formula is C13H25N3O3. The predicted octanol–water partition coefficient (Wildman–Crippen LogP) is 1.23. The third-order valence-electron chi connectivity index (χ3n) is 3.80. The molecule has 1 aliphatic carbocycles. The third kappa shape index (κ3) is 4.09. The van der Waals surface area contributed by atoms with E-state index >= 15 is 0 Å². The molecule has 110 valence electrons. The Morgan fingerprint density at radius 1 is 1.37 bits per heavy atom. The van der Waals surface area contributed by atoms with E-state index in [1.165, 1.54) is 0 Å². The van der Waals surface area contributed by atoms with E-state index in [0.717, 1.165) is 38.7 Å². The molecule has 6 nitrogen and oxygen atoms in total. The Morgan fingerprint density at radius 3 is 2.63 bits per heavy atom. The van der Waals surface area contributed by atoms with Crippen molar-refractivity contribution in [3.05, 3.63) is 0 Å². The van der Waals surface area contributed by atoms with Gasteiger partial charge in [-0.15, -0.1) is 0 Å². The summed E-state index contributed by atoms with van der Waals surface area (Å²) in [7, 11) is 1.68. The smallest absolute Gasteiger partial charge is 0.233 e. The topological polar surface area (TPSA) is 96.9 Å². The van der Waals surface area contributed by atoms with Crippen molar-refractivity contribution in [2.45, 2.75) is 44.9 Å². The van der Waals surface area contributed by atoms with E-state index in [2.05, 4.69) is 10.5 Å². The number of carbonyl (C=O) groups excluding carboxylic acids is 1. The molecule has 0 aromatic rings. The molecule has 0 heterocycles. The maximum absolute atomic E-state index is 12.2. The number of amidine groups is 1. The zero-order chi connectivity index (χ0) is 14.1. The largest absolute Gasteiger partial charge is 0.409 e. The lowest BCUT2D eigenvalue weighted by molar-refractivity contribution is -0.127. The summed E-state index contributed by atoms with van der Waals surface area (Å²) in [5.74, 6) is -0.0612. The Kier molecular flexibility index (Phi) is 6.62. The van der Waals surface area contributed by atoms with Crippen molar-refractivity contribution >= 4 is 11.7 Å². The molecule has 0 atom stereocenters. The van der Waals surface area contributed by atoms with E-state index < -0.39 is 5.41 Å². The summed E-state index contributed by atoms with van der Waals surface area (Å²) in [5.41, 5.74) is 4.92. The highest BCUT2D eigenvalue weighted by Gasteiger charge is 2.45. The van der Waals surface area contributed by atoms with E-state index in [9.17, 15) is 4.79 Å². The van der Waals surface area contributed by atoms with Gasteiger partial charge in [0, 0.05) is 20.3 Å². The summed E-state index contributed by atoms with van der Waals surface area (Å²) in [5, 5.41) is 14.8. The summed E-state index contributed by atoms with van der Waals surface area (Å²) in [6, 6.07) is 0. The molecule has 0 bridgehead atoms. The van der Waals surface area contributed by atoms with Gasteiger partial charge < -0.3 is 21.0 Å². The number of hydrogen-bond donors (Lipinski definition) is 3. The SMILES string of the molecule is COCCCCCNC(=O)C1(C(N)=NO)CCCC1. The number of ether oxygens (including phenoxy) is 1. The molecule has 0 spiro atoms. The molecule has 19 heavy (non-hydrogen) atoms. The van der Waals surface area contributed by atoms with Gasteiger partial charge in [0.2, 0.25) is 5.91 Å². The number of nitrogens with one attached hydrogen (secondary N) is 1. The van der Waals surface area contributed by atoms with Gasteiger partial charge in [0.05, 0.1) is 0 Å². The minimum Gasteiger partial charge on any atom is -0.409 e. The molecule has 1 saturated carbocycles. The molecule has 1 amide bonds. The molecule has 0 aromatic heterocycles. The van der Waals surface area contributed by atoms with Crippen LogP contribution in [0.15, 0.2) is 5.16 Å². The van der Waals surface area contributed by atoms with E-state index in [1.54, 1.807) is 7.11 Å². The van der Waals surface area contributed by atoms with Gasteiger partial charge in [-0.25, -0.2) is 0 Å². The molecule has 1 fully saturated rings. The fourth-order valence-corrected chi connectivity index (χ4v) is 2.59. The molecule has 1 rings (SSSR count). The summed E-state index contributed by atoms with van der Waals surface area (Å²) in [6.45, 7) is 1.38. The number of amides is 1. The third-order valence-corrected chi connectivity index (χ3v) is 3.80. The molecule has 0 radical (unpaired) electrons. The van der Waals surface area contributed by atoms with Crippen LogP contribution in [0.2, 0.25) is 0 Å². The number of rotatable bonds is 8. The first-order valence-electron chi connectivity index (χ1n) is 6.92. The summed E-state index contributed by atoms with van der Waals surface area (Å²) >= 11 is 0. The number of hydrogen-bond acceptors (Lipinski definition) is 4. The lowest BCUT2D eigenvalue weighted by Crippen LogP contribution is -2.48. The van der Waals surface area contributed by atoms with Gasteiger partial charge in [0.25, 0.3) is 0 Å². The van der Waals surface area contributed by atoms with Crippen LogP contribution in [0.5, 0.6) is 0 Å². The Balaban J connectivity index is 2.38. The van der Waals surface area contributed by atoms with Crippen LogP contribution in [0, 0.1) is 5.41 Å². The van der Waals surface area contributed by atoms with Crippen molar-refractivity contribution in [1.29, 1.82) is 0 Å². The van der Waals surface area contributed by atoms with E-state index in [4.69, 9.17) is 15.7 Å². The Morgan fingerprint density at radius 2 is 2.05 bits per heavy atom. The predicted molar refractivity (Wildman–Crippen MR) is 73.0 cm³/mol. The van der Waals surface area contributed by atoms with Crippen LogP contribution in [-0.4, -0.2) is 37.2 Å². The second kappa shape index (κ2) is 7.99. The summed E-state index contributed by atoms with van der Waals surface area (Å²) in [4.78, 5) is 12.2. The monoisotopic (exact) mass is 271 g/mol. The zero-order valence-corrected chi connectivity index (χ0v) is 11.7. The highest BCUT2D eigenvalue weighted by molar-refractivity contribution is 6.07. The van der Waals surface area contributed by atoms with Crippen molar-refractivity contribution in [1.82, 2.24) is 5.32 Å². The fourth-order valence-electron chi connectivity index (χ4n) is 2.59. The number of oxime groups is 1. The molecule has 6 heteroatoms. The van der Waals surface area contributed by atoms with Crippen molar-refractivity contribution in [3.8, 4) is 0 Å². The fraction of sp³-hybridized carbons (Fsp3) is 0.846. The van der Waals surface area contributed by atoms with Crippen molar-refractivity contribution < 1.29 is 14.7 Å². The average Bonchev–Trinajstić information content (AvgIpc) is 2.92. The van der Waals surface area contributed by atoms with Crippen LogP contribution in [0.1, 0.15) is 44.9 Å². The second-order valence-electron chi connectivity index (χ2n) is 5.08. The van der Waals surface area contributed by atoms with Crippen LogP contribution < -0.4 is 11.1 Å². The summed E-state index contributed by atoms with van der Waals surface area (Å²) in [6.07, 6.45) is 6.15. The van der Waals surface area contributed by atoms with Gasteiger partial charge >= 0.3 is 0 Å². The molecule has 1 aliphatic rings. The molecule has 0 aliphatic heterocycles. The van der Waals surface area contributed by atoms with Gasteiger partial charge in [-0.2, -0.15) is 0 Å². The van der Waals surface area contributed by atoms with Gasteiger partial charge in [0.1, 0.15) is 5.41 Å². The van der Waals surface area contributed by atoms with Gasteiger partial charge in [-0.1, -0.05) is 18.0 Å². The van der Waals surface area contributed by atoms with Gasteiger partial charge in [-0.05, 0) is 32.1 Å². The molecule has 0 aromatic carbocycles. The average molecular weight is 271 g/mol. The minimum absolute atomic E-state index is 0.0434. The summed E-state index contributed by atoms with van der Waals surface area (Å²) < 4.78 is 4.97. The van der Waals surface area contributed by atoms with Gasteiger partial charge in [-0.3, -0.25) is 4.79 Å². The lowest BCUT2D eigenvalue weighted by Gasteiger charge is -2.25. The van der Waals surface area contributed by atoms with Crippen molar-refractivity contribution in [2.75, 3.05) is 20.3 Å². The minimum atomic E-state index is -0.790. The van der Waals surface area contributed by atoms with E-state index in [1.807, 2.05) is 0 Å². The quantitative estimate of drug-likeness (QED) is 0.203.